The average Bonchev–Trinajstić information content (AvgIpc) is 3.60. The number of benzene rings is 2. The fourth-order valence-corrected chi connectivity index (χ4v) is 4.99. The summed E-state index contributed by atoms with van der Waals surface area (Å²) < 4.78 is 13.5. The summed E-state index contributed by atoms with van der Waals surface area (Å²) in [5.41, 5.74) is 6.67. The monoisotopic (exact) mass is 466 g/mol. The van der Waals surface area contributed by atoms with Gasteiger partial charge in [-0.05, 0) is 49.6 Å². The highest BCUT2D eigenvalue weighted by Crippen LogP contribution is 2.34. The Labute approximate surface area is 200 Å². The van der Waals surface area contributed by atoms with E-state index >= 15 is 0 Å². The van der Waals surface area contributed by atoms with Crippen molar-refractivity contribution in [2.24, 2.45) is 0 Å². The molecule has 6 nitrogen and oxygen atoms in total. The van der Waals surface area contributed by atoms with Crippen LogP contribution in [-0.2, 0) is 12.8 Å². The van der Waals surface area contributed by atoms with Crippen molar-refractivity contribution >= 4 is 28.0 Å². The van der Waals surface area contributed by atoms with E-state index in [4.69, 9.17) is 14.1 Å². The smallest absolute Gasteiger partial charge is 0.155 e. The van der Waals surface area contributed by atoms with E-state index in [0.29, 0.717) is 5.76 Å². The first-order chi connectivity index (χ1) is 16.7. The molecule has 168 valence electrons. The van der Waals surface area contributed by atoms with Crippen LogP contribution in [-0.4, -0.2) is 26.7 Å². The Morgan fingerprint density at radius 1 is 1.00 bits per heavy atom. The predicted molar refractivity (Wildman–Crippen MR) is 134 cm³/mol. The van der Waals surface area contributed by atoms with Gasteiger partial charge in [-0.2, -0.15) is 5.10 Å². The Morgan fingerprint density at radius 2 is 1.88 bits per heavy atom. The van der Waals surface area contributed by atoms with Gasteiger partial charge in [-0.3, -0.25) is 0 Å². The van der Waals surface area contributed by atoms with Crippen molar-refractivity contribution in [2.75, 3.05) is 7.11 Å². The lowest BCUT2D eigenvalue weighted by atomic mass is 10.0. The first-order valence-corrected chi connectivity index (χ1v) is 12.0. The molecule has 0 unspecified atom stereocenters. The zero-order valence-electron chi connectivity index (χ0n) is 18.9. The van der Waals surface area contributed by atoms with Crippen molar-refractivity contribution in [3.8, 4) is 27.8 Å². The molecule has 0 aliphatic rings. The van der Waals surface area contributed by atoms with Crippen molar-refractivity contribution in [1.82, 2.24) is 19.6 Å². The highest BCUT2D eigenvalue weighted by Gasteiger charge is 2.15. The molecule has 0 spiro atoms. The standard InChI is InChI=1S/C27H22N4O2S/c1-17-8-11-26-29-23(15-31(26)30-17)25-14-22-19(12-21(32-2)13-24(22)33-25)9-10-20-16-34-27(28-20)18-6-4-3-5-7-18/h3-8,11-16H,9-10H2,1-2H3. The average molecular weight is 467 g/mol. The first kappa shape index (κ1) is 20.6. The number of aromatic nitrogens is 4. The summed E-state index contributed by atoms with van der Waals surface area (Å²) in [5, 5.41) is 8.75. The van der Waals surface area contributed by atoms with Crippen LogP contribution >= 0.6 is 11.3 Å². The highest BCUT2D eigenvalue weighted by molar-refractivity contribution is 7.13. The second kappa shape index (κ2) is 8.43. The zero-order valence-corrected chi connectivity index (χ0v) is 19.7. The number of fused-ring (bicyclic) bond motifs is 2. The molecule has 0 saturated carbocycles. The largest absolute Gasteiger partial charge is 0.497 e. The van der Waals surface area contributed by atoms with Gasteiger partial charge in [0.05, 0.1) is 24.7 Å². The SMILES string of the molecule is COc1cc(CCc2csc(-c3ccccc3)n2)c2cc(-c3cn4nc(C)ccc4n3)oc2c1. The van der Waals surface area contributed by atoms with Gasteiger partial charge < -0.3 is 9.15 Å². The highest BCUT2D eigenvalue weighted by atomic mass is 32.1. The van der Waals surface area contributed by atoms with Crippen LogP contribution in [0.4, 0.5) is 0 Å². The van der Waals surface area contributed by atoms with Crippen LogP contribution in [0.1, 0.15) is 17.0 Å². The molecule has 34 heavy (non-hydrogen) atoms. The Balaban J connectivity index is 1.32. The van der Waals surface area contributed by atoms with E-state index in [1.807, 2.05) is 49.5 Å². The summed E-state index contributed by atoms with van der Waals surface area (Å²) in [6.07, 6.45) is 3.57. The molecule has 6 aromatic rings. The normalized spacial score (nSPS) is 11.5. The number of imidazole rings is 1. The van der Waals surface area contributed by atoms with E-state index in [1.54, 1.807) is 23.0 Å². The third-order valence-corrected chi connectivity index (χ3v) is 6.80. The lowest BCUT2D eigenvalue weighted by molar-refractivity contribution is 0.414. The molecule has 0 amide bonds. The summed E-state index contributed by atoms with van der Waals surface area (Å²) in [5.74, 6) is 1.49. The van der Waals surface area contributed by atoms with Crippen molar-refractivity contribution in [3.63, 3.8) is 0 Å². The van der Waals surface area contributed by atoms with Gasteiger partial charge in [-0.1, -0.05) is 30.3 Å². The lowest BCUT2D eigenvalue weighted by Gasteiger charge is -2.05. The fraction of sp³-hybridized carbons (Fsp3) is 0.148. The van der Waals surface area contributed by atoms with Crippen LogP contribution in [0.2, 0.25) is 0 Å². The molecule has 4 aromatic heterocycles. The Kier molecular flexibility index (Phi) is 5.11. The number of methoxy groups -OCH3 is 1. The number of rotatable bonds is 6. The molecule has 0 N–H and O–H groups in total. The number of thiazole rings is 1. The van der Waals surface area contributed by atoms with Gasteiger partial charge in [0.1, 0.15) is 22.0 Å². The van der Waals surface area contributed by atoms with Crippen LogP contribution in [0.3, 0.4) is 0 Å². The van der Waals surface area contributed by atoms with Crippen LogP contribution < -0.4 is 4.74 Å². The van der Waals surface area contributed by atoms with E-state index in [-0.39, 0.29) is 0 Å². The minimum Gasteiger partial charge on any atom is -0.497 e. The second-order valence-corrected chi connectivity index (χ2v) is 9.08. The number of hydrogen-bond donors (Lipinski definition) is 0. The second-order valence-electron chi connectivity index (χ2n) is 8.22. The van der Waals surface area contributed by atoms with Gasteiger partial charge in [0.25, 0.3) is 0 Å². The zero-order chi connectivity index (χ0) is 23.1. The molecule has 0 aliphatic heterocycles. The number of nitrogens with zero attached hydrogens (tertiary/aromatic N) is 4. The maximum absolute atomic E-state index is 6.21. The topological polar surface area (TPSA) is 65.5 Å². The number of furan rings is 1. The molecule has 6 rings (SSSR count). The first-order valence-electron chi connectivity index (χ1n) is 11.1. The van der Waals surface area contributed by atoms with Crippen LogP contribution in [0.5, 0.6) is 5.75 Å². The third-order valence-electron chi connectivity index (χ3n) is 5.86. The van der Waals surface area contributed by atoms with Crippen molar-refractivity contribution < 1.29 is 9.15 Å². The minimum absolute atomic E-state index is 0.715. The molecular formula is C27H22N4O2S. The molecule has 0 saturated heterocycles. The summed E-state index contributed by atoms with van der Waals surface area (Å²) in [6.45, 7) is 1.96. The number of aryl methyl sites for hydroxylation is 3. The molecule has 4 heterocycles. The Hall–Kier alpha value is -3.97. The van der Waals surface area contributed by atoms with E-state index in [2.05, 4.69) is 39.7 Å². The van der Waals surface area contributed by atoms with E-state index in [9.17, 15) is 0 Å². The predicted octanol–water partition coefficient (Wildman–Crippen LogP) is 6.37. The summed E-state index contributed by atoms with van der Waals surface area (Å²) >= 11 is 1.68. The number of ether oxygens (including phenoxy) is 1. The molecular weight excluding hydrogens is 444 g/mol. The van der Waals surface area contributed by atoms with Gasteiger partial charge in [0.15, 0.2) is 11.4 Å². The molecule has 7 heteroatoms. The van der Waals surface area contributed by atoms with Gasteiger partial charge in [0, 0.05) is 22.4 Å². The maximum Gasteiger partial charge on any atom is 0.155 e. The lowest BCUT2D eigenvalue weighted by Crippen LogP contribution is -1.94. The van der Waals surface area contributed by atoms with Crippen molar-refractivity contribution in [3.05, 3.63) is 89.2 Å². The van der Waals surface area contributed by atoms with Crippen LogP contribution in [0, 0.1) is 6.92 Å². The summed E-state index contributed by atoms with van der Waals surface area (Å²) in [7, 11) is 1.68. The van der Waals surface area contributed by atoms with Gasteiger partial charge in [-0.15, -0.1) is 11.3 Å². The van der Waals surface area contributed by atoms with Gasteiger partial charge >= 0.3 is 0 Å². The van der Waals surface area contributed by atoms with Crippen LogP contribution in [0.25, 0.3) is 38.6 Å². The molecule has 0 atom stereocenters. The Morgan fingerprint density at radius 3 is 2.74 bits per heavy atom. The molecule has 0 bridgehead atoms. The molecule has 0 fully saturated rings. The Bertz CT molecular complexity index is 1610. The molecule has 0 aliphatic carbocycles. The van der Waals surface area contributed by atoms with Crippen molar-refractivity contribution in [2.45, 2.75) is 19.8 Å². The molecule has 0 radical (unpaired) electrons. The van der Waals surface area contributed by atoms with Crippen LogP contribution in [0.15, 0.2) is 76.7 Å². The number of hydrogen-bond acceptors (Lipinski definition) is 6. The quantitative estimate of drug-likeness (QED) is 0.285. The maximum atomic E-state index is 6.21. The summed E-state index contributed by atoms with van der Waals surface area (Å²) in [6, 6.07) is 20.3. The van der Waals surface area contributed by atoms with Gasteiger partial charge in [0.2, 0.25) is 0 Å². The van der Waals surface area contributed by atoms with E-state index in [0.717, 1.165) is 68.4 Å². The van der Waals surface area contributed by atoms with Crippen molar-refractivity contribution in [1.29, 1.82) is 0 Å². The summed E-state index contributed by atoms with van der Waals surface area (Å²) in [4.78, 5) is 9.53. The van der Waals surface area contributed by atoms with Gasteiger partial charge in [-0.25, -0.2) is 14.5 Å². The molecule has 2 aromatic carbocycles. The van der Waals surface area contributed by atoms with E-state index < -0.39 is 0 Å². The third kappa shape index (κ3) is 3.84. The fourth-order valence-electron chi connectivity index (χ4n) is 4.13. The minimum atomic E-state index is 0.715. The van der Waals surface area contributed by atoms with E-state index in [1.165, 1.54) is 0 Å².